The van der Waals surface area contributed by atoms with E-state index >= 15 is 0 Å². The quantitative estimate of drug-likeness (QED) is 0.0647. The Morgan fingerprint density at radius 1 is 0.831 bits per heavy atom. The third-order valence-electron chi connectivity index (χ3n) is 13.8. The number of hydrogen-bond acceptors (Lipinski definition) is 3. The van der Waals surface area contributed by atoms with Crippen LogP contribution in [-0.4, -0.2) is 44.3 Å². The third-order valence-corrected chi connectivity index (χ3v) is 13.8. The second kappa shape index (κ2) is 40.9. The standard InChI is InChI=1S/C31H58N2.C13H27N.C3H8.C3H4.3C2H6/c1-11-21(3)15-23(5)30(20-26-16-22(4)17-28(19-26)33(9)10)27(12-2)13-14-31(32-8)25(7)29-18-24(29)6;1-10-8-11(2)13(12(3)9-10)6-4-5-7-14;2*1-3-2;3*1-2/h11,21-30H,1,12-20H2,2-10H3;10-13H,4-9,14H2,1-3H3;3H2,1-2H3;1H,2H3;3*1-2H3. The molecule has 3 heteroatoms. The van der Waals surface area contributed by atoms with Gasteiger partial charge < -0.3 is 10.6 Å². The summed E-state index contributed by atoms with van der Waals surface area (Å²) in [6.45, 7) is 44.8. The van der Waals surface area contributed by atoms with Crippen LogP contribution in [0.2, 0.25) is 0 Å². The van der Waals surface area contributed by atoms with Gasteiger partial charge in [0.25, 0.3) is 0 Å². The number of hydrogen-bond donors (Lipinski definition) is 1. The normalized spacial score (nSPS) is 28.2. The first-order valence-corrected chi connectivity index (χ1v) is 25.9. The predicted octanol–water partition coefficient (Wildman–Crippen LogP) is 16.9. The van der Waals surface area contributed by atoms with Crippen molar-refractivity contribution in [2.75, 3.05) is 27.7 Å². The third kappa shape index (κ3) is 29.0. The molecule has 0 aromatic heterocycles. The van der Waals surface area contributed by atoms with Crippen molar-refractivity contribution in [3.05, 3.63) is 12.7 Å². The van der Waals surface area contributed by atoms with Gasteiger partial charge in [-0.3, -0.25) is 4.99 Å². The molecule has 12 atom stereocenters. The highest BCUT2D eigenvalue weighted by atomic mass is 15.1. The van der Waals surface area contributed by atoms with E-state index < -0.39 is 0 Å². The van der Waals surface area contributed by atoms with E-state index in [2.05, 4.69) is 120 Å². The average molecular weight is 831 g/mol. The lowest BCUT2D eigenvalue weighted by atomic mass is 9.67. The van der Waals surface area contributed by atoms with Crippen molar-refractivity contribution < 1.29 is 0 Å². The molecular weight excluding hydrogens is 715 g/mol. The van der Waals surface area contributed by atoms with Gasteiger partial charge in [-0.05, 0) is 182 Å². The monoisotopic (exact) mass is 830 g/mol. The van der Waals surface area contributed by atoms with E-state index in [1.165, 1.54) is 102 Å². The van der Waals surface area contributed by atoms with Gasteiger partial charge in [0.1, 0.15) is 0 Å². The number of allylic oxidation sites excluding steroid dienone is 1. The van der Waals surface area contributed by atoms with Gasteiger partial charge in [-0.25, -0.2) is 0 Å². The van der Waals surface area contributed by atoms with Crippen molar-refractivity contribution in [1.82, 2.24) is 4.90 Å². The molecule has 0 bridgehead atoms. The number of rotatable bonds is 18. The molecular formula is C56H115N3. The summed E-state index contributed by atoms with van der Waals surface area (Å²) in [6.07, 6.45) is 27.0. The molecule has 0 aromatic rings. The fourth-order valence-corrected chi connectivity index (χ4v) is 10.7. The zero-order chi connectivity index (χ0) is 46.7. The molecule has 3 saturated carbocycles. The Morgan fingerprint density at radius 3 is 1.73 bits per heavy atom. The van der Waals surface area contributed by atoms with Gasteiger partial charge in [0.2, 0.25) is 0 Å². The van der Waals surface area contributed by atoms with E-state index in [0.717, 1.165) is 77.7 Å². The molecule has 2 N–H and O–H groups in total. The highest BCUT2D eigenvalue weighted by molar-refractivity contribution is 5.87. The molecule has 59 heavy (non-hydrogen) atoms. The van der Waals surface area contributed by atoms with Crippen molar-refractivity contribution in [3.63, 3.8) is 0 Å². The number of terminal acetylenes is 1. The van der Waals surface area contributed by atoms with Crippen LogP contribution in [0.4, 0.5) is 0 Å². The van der Waals surface area contributed by atoms with Crippen LogP contribution >= 0.6 is 0 Å². The lowest BCUT2D eigenvalue weighted by Crippen LogP contribution is -2.37. The Hall–Kier alpha value is -1.11. The average Bonchev–Trinajstić information content (AvgIpc) is 3.95. The Morgan fingerprint density at radius 2 is 1.32 bits per heavy atom. The van der Waals surface area contributed by atoms with Crippen LogP contribution in [0.25, 0.3) is 0 Å². The van der Waals surface area contributed by atoms with E-state index in [4.69, 9.17) is 10.7 Å². The molecule has 0 heterocycles. The van der Waals surface area contributed by atoms with Crippen LogP contribution in [-0.2, 0) is 0 Å². The van der Waals surface area contributed by atoms with Gasteiger partial charge in [0.05, 0.1) is 0 Å². The molecule has 0 aromatic carbocycles. The molecule has 3 rings (SSSR count). The summed E-state index contributed by atoms with van der Waals surface area (Å²) in [4.78, 5) is 7.30. The highest BCUT2D eigenvalue weighted by Crippen LogP contribution is 2.46. The van der Waals surface area contributed by atoms with Crippen LogP contribution in [0.5, 0.6) is 0 Å². The summed E-state index contributed by atoms with van der Waals surface area (Å²) in [5, 5.41) is 0. The van der Waals surface area contributed by atoms with Crippen molar-refractivity contribution >= 4 is 5.71 Å². The van der Waals surface area contributed by atoms with E-state index in [0.29, 0.717) is 11.8 Å². The molecule has 3 aliphatic carbocycles. The molecule has 0 saturated heterocycles. The fourth-order valence-electron chi connectivity index (χ4n) is 10.7. The SMILES string of the molecule is C#CC.C=CC(C)CC(C)C(CC1CC(C)CC(N(C)C)C1)C(CC)CCC(=NC)C(C)C1CC1C.CC.CC.CC.CC1CC(C)C(CCCCN)C(C)C1.CCC. The van der Waals surface area contributed by atoms with Gasteiger partial charge in [0, 0.05) is 18.8 Å². The maximum absolute atomic E-state index is 5.54. The van der Waals surface area contributed by atoms with Gasteiger partial charge in [0.15, 0.2) is 0 Å². The van der Waals surface area contributed by atoms with Gasteiger partial charge >= 0.3 is 0 Å². The van der Waals surface area contributed by atoms with Crippen molar-refractivity contribution in [2.24, 2.45) is 87.7 Å². The molecule has 0 amide bonds. The summed E-state index contributed by atoms with van der Waals surface area (Å²) in [7, 11) is 6.61. The van der Waals surface area contributed by atoms with Crippen molar-refractivity contribution in [2.45, 2.75) is 227 Å². The summed E-state index contributed by atoms with van der Waals surface area (Å²) in [6, 6.07) is 0.766. The molecule has 3 nitrogen and oxygen atoms in total. The molecule has 0 radical (unpaired) electrons. The van der Waals surface area contributed by atoms with Crippen LogP contribution in [0.1, 0.15) is 221 Å². The minimum atomic E-state index is 0.615. The first kappa shape index (κ1) is 64.5. The van der Waals surface area contributed by atoms with E-state index in [1.54, 1.807) is 6.92 Å². The number of aliphatic imine (C=N–C) groups is 1. The van der Waals surface area contributed by atoms with Crippen LogP contribution in [0.3, 0.4) is 0 Å². The molecule has 0 aliphatic heterocycles. The molecule has 3 aliphatic rings. The van der Waals surface area contributed by atoms with Crippen LogP contribution < -0.4 is 5.73 Å². The van der Waals surface area contributed by atoms with Crippen molar-refractivity contribution in [3.8, 4) is 12.3 Å². The largest absolute Gasteiger partial charge is 0.330 e. The minimum Gasteiger partial charge on any atom is -0.330 e. The second-order valence-corrected chi connectivity index (χ2v) is 19.2. The first-order valence-electron chi connectivity index (χ1n) is 25.9. The Kier molecular flexibility index (Phi) is 44.8. The van der Waals surface area contributed by atoms with Crippen molar-refractivity contribution in [1.29, 1.82) is 0 Å². The van der Waals surface area contributed by atoms with Gasteiger partial charge in [-0.1, -0.05) is 143 Å². The maximum atomic E-state index is 5.54. The Labute approximate surface area is 376 Å². The van der Waals surface area contributed by atoms with E-state index in [1.807, 2.05) is 48.6 Å². The minimum absolute atomic E-state index is 0.615. The zero-order valence-electron chi connectivity index (χ0n) is 44.7. The lowest BCUT2D eigenvalue weighted by Gasteiger charge is -2.41. The topological polar surface area (TPSA) is 41.6 Å². The summed E-state index contributed by atoms with van der Waals surface area (Å²) < 4.78 is 0. The zero-order valence-corrected chi connectivity index (χ0v) is 44.7. The number of unbranched alkanes of at least 4 members (excludes halogenated alkanes) is 1. The number of nitrogens with zero attached hydrogens (tertiary/aromatic N) is 2. The van der Waals surface area contributed by atoms with Gasteiger partial charge in [-0.2, -0.15) is 0 Å². The van der Waals surface area contributed by atoms with E-state index in [-0.39, 0.29) is 0 Å². The summed E-state index contributed by atoms with van der Waals surface area (Å²) >= 11 is 0. The second-order valence-electron chi connectivity index (χ2n) is 19.2. The molecule has 354 valence electrons. The van der Waals surface area contributed by atoms with E-state index in [9.17, 15) is 0 Å². The Balaban J connectivity index is -0.000000479. The van der Waals surface area contributed by atoms with Crippen LogP contribution in [0, 0.1) is 89.3 Å². The molecule has 3 fully saturated rings. The molecule has 12 unspecified atom stereocenters. The maximum Gasteiger partial charge on any atom is 0.0276 e. The van der Waals surface area contributed by atoms with Gasteiger partial charge in [-0.15, -0.1) is 18.9 Å². The first-order chi connectivity index (χ1) is 28.1. The fraction of sp³-hybridized carbons (Fsp3) is 0.911. The van der Waals surface area contributed by atoms with Crippen LogP contribution in [0.15, 0.2) is 17.6 Å². The highest BCUT2D eigenvalue weighted by Gasteiger charge is 2.39. The smallest absolute Gasteiger partial charge is 0.0276 e. The predicted molar refractivity (Wildman–Crippen MR) is 276 cm³/mol. The molecule has 0 spiro atoms. The number of nitrogens with two attached hydrogens (primary N) is 1. The summed E-state index contributed by atoms with van der Waals surface area (Å²) in [5.74, 6) is 13.3. The summed E-state index contributed by atoms with van der Waals surface area (Å²) in [5.41, 5.74) is 7.03. The Bertz CT molecular complexity index is 966. The lowest BCUT2D eigenvalue weighted by molar-refractivity contribution is 0.0989.